The van der Waals surface area contributed by atoms with Crippen LogP contribution in [0.25, 0.3) is 0 Å². The summed E-state index contributed by atoms with van der Waals surface area (Å²) in [7, 11) is 0. The van der Waals surface area contributed by atoms with Crippen LogP contribution in [-0.2, 0) is 18.9 Å². The van der Waals surface area contributed by atoms with Crippen LogP contribution in [0.5, 0.6) is 0 Å². The zero-order valence-corrected chi connectivity index (χ0v) is 17.7. The summed E-state index contributed by atoms with van der Waals surface area (Å²) in [6.45, 7) is 0.989. The number of hydrogen-bond acceptors (Lipinski definition) is 14. The first-order valence-electron chi connectivity index (χ1n) is 10.6. The third kappa shape index (κ3) is 4.94. The van der Waals surface area contributed by atoms with Crippen molar-refractivity contribution in [3.8, 4) is 0 Å². The normalized spacial score (nSPS) is 53.3. The van der Waals surface area contributed by atoms with Crippen LogP contribution in [-0.4, -0.2) is 129 Å². The van der Waals surface area contributed by atoms with Crippen molar-refractivity contribution in [2.45, 2.75) is 105 Å². The molecule has 2 aliphatic heterocycles. The molecule has 14 nitrogen and oxygen atoms in total. The van der Waals surface area contributed by atoms with Crippen LogP contribution < -0.4 is 22.9 Å². The second-order valence-corrected chi connectivity index (χ2v) is 8.85. The number of aliphatic hydroxyl groups is 6. The van der Waals surface area contributed by atoms with E-state index in [4.69, 9.17) is 41.9 Å². The Balaban J connectivity index is 1.78. The van der Waals surface area contributed by atoms with Gasteiger partial charge in [-0.25, -0.2) is 0 Å². The van der Waals surface area contributed by atoms with Crippen molar-refractivity contribution >= 4 is 0 Å². The van der Waals surface area contributed by atoms with Gasteiger partial charge in [-0.3, -0.25) is 0 Å². The lowest BCUT2D eigenvalue weighted by Crippen LogP contribution is -2.68. The fourth-order valence-electron chi connectivity index (χ4n) is 4.36. The molecule has 14 heteroatoms. The molecule has 1 saturated carbocycles. The van der Waals surface area contributed by atoms with Crippen LogP contribution in [0.4, 0.5) is 0 Å². The SMILES string of the molecule is C[C@@H](N)[C@H]1O[C@@H](OC2C(O)[C@H](N)CC(N)[C@H]2O[C@H]2OC(CO)[C@@H](O)C(O)C2N)C(O)C1O. The van der Waals surface area contributed by atoms with E-state index in [1.54, 1.807) is 6.92 Å². The van der Waals surface area contributed by atoms with E-state index in [-0.39, 0.29) is 6.42 Å². The molecule has 3 rings (SSSR count). The number of hydrogen-bond donors (Lipinski definition) is 10. The molecule has 0 bridgehead atoms. The Morgan fingerprint density at radius 3 is 2.00 bits per heavy atom. The molecule has 32 heavy (non-hydrogen) atoms. The monoisotopic (exact) mass is 468 g/mol. The molecule has 0 aromatic heterocycles. The summed E-state index contributed by atoms with van der Waals surface area (Å²) in [6.07, 6.45) is -13.9. The topological polar surface area (TPSA) is 262 Å². The minimum atomic E-state index is -1.46. The predicted octanol–water partition coefficient (Wildman–Crippen LogP) is -6.26. The molecule has 188 valence electrons. The van der Waals surface area contributed by atoms with Gasteiger partial charge in [-0.05, 0) is 13.3 Å². The van der Waals surface area contributed by atoms with Gasteiger partial charge >= 0.3 is 0 Å². The van der Waals surface area contributed by atoms with Crippen molar-refractivity contribution in [2.24, 2.45) is 22.9 Å². The summed E-state index contributed by atoms with van der Waals surface area (Å²) >= 11 is 0. The van der Waals surface area contributed by atoms with Crippen molar-refractivity contribution in [2.75, 3.05) is 6.61 Å². The highest BCUT2D eigenvalue weighted by atomic mass is 16.7. The minimum absolute atomic E-state index is 0.140. The largest absolute Gasteiger partial charge is 0.394 e. The van der Waals surface area contributed by atoms with Crippen molar-refractivity contribution in [3.05, 3.63) is 0 Å². The molecular formula is C18H36N4O10. The summed E-state index contributed by atoms with van der Waals surface area (Å²) in [4.78, 5) is 0. The van der Waals surface area contributed by atoms with E-state index in [0.29, 0.717) is 0 Å². The van der Waals surface area contributed by atoms with Gasteiger partial charge in [-0.2, -0.15) is 0 Å². The summed E-state index contributed by atoms with van der Waals surface area (Å²) in [5, 5.41) is 60.8. The Kier molecular flexibility index (Phi) is 8.44. The standard InChI is InChI=1S/C18H36N4O10/c1-4(19)14-12(27)13(28)18(30-14)32-16-9(24)5(20)2-6(21)15(16)31-17-8(22)11(26)10(25)7(3-23)29-17/h4-18,23-28H,2-3,19-22H2,1H3/t4-,5-,6?,7?,8?,9?,10-,11?,12?,13?,14-,15-,16?,17-,18+/m1/s1. The minimum Gasteiger partial charge on any atom is -0.394 e. The van der Waals surface area contributed by atoms with E-state index < -0.39 is 98.3 Å². The first kappa shape index (κ1) is 26.1. The average molecular weight is 469 g/mol. The molecule has 14 N–H and O–H groups in total. The summed E-state index contributed by atoms with van der Waals surface area (Å²) < 4.78 is 22.7. The van der Waals surface area contributed by atoms with Gasteiger partial charge in [0.1, 0.15) is 48.8 Å². The molecule has 0 spiro atoms. The quantitative estimate of drug-likeness (QED) is 0.174. The van der Waals surface area contributed by atoms with E-state index >= 15 is 0 Å². The Labute approximate surface area is 185 Å². The fraction of sp³-hybridized carbons (Fsp3) is 1.00. The summed E-state index contributed by atoms with van der Waals surface area (Å²) in [5.74, 6) is 0. The van der Waals surface area contributed by atoms with Crippen molar-refractivity contribution in [1.29, 1.82) is 0 Å². The van der Waals surface area contributed by atoms with Gasteiger partial charge in [-0.15, -0.1) is 0 Å². The fourth-order valence-corrected chi connectivity index (χ4v) is 4.36. The van der Waals surface area contributed by atoms with Crippen molar-refractivity contribution in [1.82, 2.24) is 0 Å². The molecule has 3 aliphatic rings. The molecule has 0 radical (unpaired) electrons. The first-order valence-corrected chi connectivity index (χ1v) is 10.6. The maximum absolute atomic E-state index is 10.7. The van der Waals surface area contributed by atoms with Crippen molar-refractivity contribution < 1.29 is 49.6 Å². The maximum atomic E-state index is 10.7. The van der Waals surface area contributed by atoms with Gasteiger partial charge in [0.2, 0.25) is 0 Å². The molecule has 2 heterocycles. The van der Waals surface area contributed by atoms with Crippen LogP contribution in [0.1, 0.15) is 13.3 Å². The highest BCUT2D eigenvalue weighted by Gasteiger charge is 2.52. The number of rotatable bonds is 6. The van der Waals surface area contributed by atoms with Gasteiger partial charge in [0.15, 0.2) is 12.6 Å². The van der Waals surface area contributed by atoms with E-state index in [1.807, 2.05) is 0 Å². The molecule has 0 aromatic carbocycles. The smallest absolute Gasteiger partial charge is 0.187 e. The first-order chi connectivity index (χ1) is 15.0. The van der Waals surface area contributed by atoms with Crippen LogP contribution >= 0.6 is 0 Å². The second-order valence-electron chi connectivity index (χ2n) is 8.85. The average Bonchev–Trinajstić information content (AvgIpc) is 3.03. The van der Waals surface area contributed by atoms with E-state index in [9.17, 15) is 30.6 Å². The zero-order valence-electron chi connectivity index (χ0n) is 17.7. The second kappa shape index (κ2) is 10.4. The lowest BCUT2D eigenvalue weighted by molar-refractivity contribution is -0.310. The van der Waals surface area contributed by atoms with E-state index in [1.165, 1.54) is 0 Å². The highest BCUT2D eigenvalue weighted by molar-refractivity contribution is 5.01. The van der Waals surface area contributed by atoms with Crippen LogP contribution in [0.2, 0.25) is 0 Å². The maximum Gasteiger partial charge on any atom is 0.187 e. The molecule has 2 saturated heterocycles. The molecule has 0 amide bonds. The lowest BCUT2D eigenvalue weighted by atomic mass is 9.84. The van der Waals surface area contributed by atoms with Crippen LogP contribution in [0.3, 0.4) is 0 Å². The number of aliphatic hydroxyl groups excluding tert-OH is 6. The number of ether oxygens (including phenoxy) is 4. The Morgan fingerprint density at radius 1 is 0.812 bits per heavy atom. The summed E-state index contributed by atoms with van der Waals surface area (Å²) in [5.41, 5.74) is 23.9. The Hall–Kier alpha value is -0.560. The van der Waals surface area contributed by atoms with Gasteiger partial charge in [-0.1, -0.05) is 0 Å². The Morgan fingerprint density at radius 2 is 1.44 bits per heavy atom. The molecule has 15 atom stereocenters. The molecule has 1 aliphatic carbocycles. The number of nitrogens with two attached hydrogens (primary N) is 4. The molecule has 3 fully saturated rings. The zero-order chi connectivity index (χ0) is 23.9. The third-order valence-electron chi connectivity index (χ3n) is 6.35. The van der Waals surface area contributed by atoms with E-state index in [2.05, 4.69) is 0 Å². The van der Waals surface area contributed by atoms with Crippen molar-refractivity contribution in [3.63, 3.8) is 0 Å². The van der Waals surface area contributed by atoms with Crippen LogP contribution in [0, 0.1) is 0 Å². The molecule has 8 unspecified atom stereocenters. The molecular weight excluding hydrogens is 432 g/mol. The van der Waals surface area contributed by atoms with Gasteiger partial charge in [0, 0.05) is 18.1 Å². The summed E-state index contributed by atoms with van der Waals surface area (Å²) in [6, 6.07) is -3.39. The van der Waals surface area contributed by atoms with Crippen LogP contribution in [0.15, 0.2) is 0 Å². The van der Waals surface area contributed by atoms with E-state index in [0.717, 1.165) is 0 Å². The highest BCUT2D eigenvalue weighted by Crippen LogP contribution is 2.32. The Bertz CT molecular complexity index is 618. The lowest BCUT2D eigenvalue weighted by Gasteiger charge is -2.47. The third-order valence-corrected chi connectivity index (χ3v) is 6.35. The van der Waals surface area contributed by atoms with Gasteiger partial charge in [0.25, 0.3) is 0 Å². The van der Waals surface area contributed by atoms with Gasteiger partial charge < -0.3 is 72.5 Å². The molecule has 0 aromatic rings. The van der Waals surface area contributed by atoms with Gasteiger partial charge in [0.05, 0.1) is 18.8 Å². The predicted molar refractivity (Wildman–Crippen MR) is 106 cm³/mol.